The van der Waals surface area contributed by atoms with E-state index in [9.17, 15) is 0 Å². The SMILES string of the molecule is COc1cc(C=NN=C(N)SCc2ccccc2)ccc1OCc1c(Cl)cc(Cl)cc1Cl. The number of nitrogens with two attached hydrogens (primary N) is 1. The van der Waals surface area contributed by atoms with Gasteiger partial charge in [0.2, 0.25) is 0 Å². The topological polar surface area (TPSA) is 69.2 Å². The van der Waals surface area contributed by atoms with Crippen molar-refractivity contribution in [2.24, 2.45) is 15.9 Å². The first-order valence-corrected chi connectivity index (χ1v) is 11.6. The standard InChI is InChI=1S/C23H20Cl3N3O2S/c1-30-22-9-16(12-28-29-23(27)32-14-15-5-3-2-4-6-15)7-8-21(22)31-13-18-19(25)10-17(24)11-20(18)26/h2-12H,13-14H2,1H3,(H2,27,29). The van der Waals surface area contributed by atoms with Crippen molar-refractivity contribution < 1.29 is 9.47 Å². The van der Waals surface area contributed by atoms with Crippen molar-refractivity contribution >= 4 is 57.9 Å². The van der Waals surface area contributed by atoms with Crippen molar-refractivity contribution in [3.63, 3.8) is 0 Å². The summed E-state index contributed by atoms with van der Waals surface area (Å²) >= 11 is 19.8. The van der Waals surface area contributed by atoms with Gasteiger partial charge in [0.15, 0.2) is 16.7 Å². The zero-order valence-corrected chi connectivity index (χ0v) is 20.2. The maximum absolute atomic E-state index is 6.22. The number of amidine groups is 1. The van der Waals surface area contributed by atoms with E-state index in [4.69, 9.17) is 50.0 Å². The molecule has 9 heteroatoms. The second-order valence-corrected chi connectivity index (χ2v) is 8.75. The van der Waals surface area contributed by atoms with Gasteiger partial charge < -0.3 is 15.2 Å². The molecule has 0 aliphatic carbocycles. The fourth-order valence-electron chi connectivity index (χ4n) is 2.66. The van der Waals surface area contributed by atoms with Crippen molar-refractivity contribution in [3.05, 3.63) is 92.4 Å². The Hall–Kier alpha value is -2.38. The molecule has 166 valence electrons. The number of benzene rings is 3. The van der Waals surface area contributed by atoms with E-state index in [0.717, 1.165) is 11.3 Å². The molecular formula is C23H20Cl3N3O2S. The highest BCUT2D eigenvalue weighted by Crippen LogP contribution is 2.32. The molecular weight excluding hydrogens is 489 g/mol. The van der Waals surface area contributed by atoms with Crippen LogP contribution in [0.25, 0.3) is 0 Å². The second-order valence-electron chi connectivity index (χ2n) is 6.50. The summed E-state index contributed by atoms with van der Waals surface area (Å²) in [5, 5.41) is 9.81. The molecule has 0 amide bonds. The molecule has 0 fully saturated rings. The molecule has 3 aromatic carbocycles. The molecule has 0 atom stereocenters. The Bertz CT molecular complexity index is 1100. The predicted molar refractivity (Wildman–Crippen MR) is 136 cm³/mol. The Morgan fingerprint density at radius 3 is 2.41 bits per heavy atom. The number of hydrogen-bond donors (Lipinski definition) is 1. The molecule has 3 aromatic rings. The van der Waals surface area contributed by atoms with Crippen LogP contribution in [0, 0.1) is 0 Å². The van der Waals surface area contributed by atoms with Crippen molar-refractivity contribution in [1.29, 1.82) is 0 Å². The summed E-state index contributed by atoms with van der Waals surface area (Å²) in [5.74, 6) is 1.80. The van der Waals surface area contributed by atoms with Gasteiger partial charge >= 0.3 is 0 Å². The lowest BCUT2D eigenvalue weighted by atomic mass is 10.2. The van der Waals surface area contributed by atoms with Crippen LogP contribution >= 0.6 is 46.6 Å². The van der Waals surface area contributed by atoms with Crippen LogP contribution in [-0.4, -0.2) is 18.5 Å². The fourth-order valence-corrected chi connectivity index (χ4v) is 4.19. The average Bonchev–Trinajstić information content (AvgIpc) is 2.78. The minimum Gasteiger partial charge on any atom is -0.493 e. The van der Waals surface area contributed by atoms with Gasteiger partial charge in [0, 0.05) is 16.3 Å². The zero-order valence-electron chi connectivity index (χ0n) is 17.1. The molecule has 0 radical (unpaired) electrons. The fraction of sp³-hybridized carbons (Fsp3) is 0.130. The second kappa shape index (κ2) is 12.0. The van der Waals surface area contributed by atoms with E-state index >= 15 is 0 Å². The molecule has 0 aliphatic rings. The van der Waals surface area contributed by atoms with E-state index in [1.165, 1.54) is 17.3 Å². The van der Waals surface area contributed by atoms with E-state index in [1.807, 2.05) is 36.4 Å². The number of hydrogen-bond acceptors (Lipinski definition) is 5. The highest BCUT2D eigenvalue weighted by Gasteiger charge is 2.11. The Kier molecular flexibility index (Phi) is 9.11. The first kappa shape index (κ1) is 24.3. The van der Waals surface area contributed by atoms with E-state index in [2.05, 4.69) is 10.2 Å². The summed E-state index contributed by atoms with van der Waals surface area (Å²) < 4.78 is 11.3. The predicted octanol–water partition coefficient (Wildman–Crippen LogP) is 6.82. The van der Waals surface area contributed by atoms with Gasteiger partial charge in [0.1, 0.15) is 6.61 Å². The highest BCUT2D eigenvalue weighted by molar-refractivity contribution is 8.13. The summed E-state index contributed by atoms with van der Waals surface area (Å²) in [7, 11) is 1.56. The molecule has 3 rings (SSSR count). The van der Waals surface area contributed by atoms with E-state index in [-0.39, 0.29) is 6.61 Å². The lowest BCUT2D eigenvalue weighted by molar-refractivity contribution is 0.284. The van der Waals surface area contributed by atoms with Crippen molar-refractivity contribution in [1.82, 2.24) is 0 Å². The molecule has 0 unspecified atom stereocenters. The molecule has 32 heavy (non-hydrogen) atoms. The summed E-state index contributed by atoms with van der Waals surface area (Å²) in [5.41, 5.74) is 8.51. The van der Waals surface area contributed by atoms with E-state index in [0.29, 0.717) is 37.3 Å². The van der Waals surface area contributed by atoms with Crippen LogP contribution in [0.3, 0.4) is 0 Å². The summed E-state index contributed by atoms with van der Waals surface area (Å²) in [4.78, 5) is 0. The summed E-state index contributed by atoms with van der Waals surface area (Å²) in [6, 6.07) is 18.6. The van der Waals surface area contributed by atoms with Crippen LogP contribution < -0.4 is 15.2 Å². The Balaban J connectivity index is 1.62. The molecule has 0 saturated carbocycles. The lowest BCUT2D eigenvalue weighted by Gasteiger charge is -2.13. The van der Waals surface area contributed by atoms with E-state index in [1.54, 1.807) is 37.6 Å². The largest absolute Gasteiger partial charge is 0.493 e. The number of methoxy groups -OCH3 is 1. The Labute approximate surface area is 206 Å². The third kappa shape index (κ3) is 7.07. The first-order chi connectivity index (χ1) is 15.5. The third-order valence-corrected chi connectivity index (χ3v) is 6.01. The third-order valence-electron chi connectivity index (χ3n) is 4.26. The molecule has 0 bridgehead atoms. The number of rotatable bonds is 8. The zero-order chi connectivity index (χ0) is 22.9. The van der Waals surface area contributed by atoms with Gasteiger partial charge in [-0.1, -0.05) is 76.9 Å². The highest BCUT2D eigenvalue weighted by atomic mass is 35.5. The van der Waals surface area contributed by atoms with Crippen molar-refractivity contribution in [2.75, 3.05) is 7.11 Å². The van der Waals surface area contributed by atoms with Crippen molar-refractivity contribution in [2.45, 2.75) is 12.4 Å². The van der Waals surface area contributed by atoms with Crippen molar-refractivity contribution in [3.8, 4) is 11.5 Å². The van der Waals surface area contributed by atoms with Crippen LogP contribution in [0.2, 0.25) is 15.1 Å². The Morgan fingerprint density at radius 1 is 1.00 bits per heavy atom. The Morgan fingerprint density at radius 2 is 1.72 bits per heavy atom. The van der Waals surface area contributed by atoms with Gasteiger partial charge in [0.25, 0.3) is 0 Å². The van der Waals surface area contributed by atoms with Crippen LogP contribution in [0.4, 0.5) is 0 Å². The van der Waals surface area contributed by atoms with Gasteiger partial charge in [-0.05, 0) is 41.5 Å². The van der Waals surface area contributed by atoms with Crippen LogP contribution in [0.1, 0.15) is 16.7 Å². The van der Waals surface area contributed by atoms with Crippen LogP contribution in [-0.2, 0) is 12.4 Å². The first-order valence-electron chi connectivity index (χ1n) is 9.43. The van der Waals surface area contributed by atoms with Crippen LogP contribution in [0.5, 0.6) is 11.5 Å². The maximum atomic E-state index is 6.22. The summed E-state index contributed by atoms with van der Waals surface area (Å²) in [6.45, 7) is 0.165. The molecule has 5 nitrogen and oxygen atoms in total. The maximum Gasteiger partial charge on any atom is 0.180 e. The molecule has 0 spiro atoms. The average molecular weight is 509 g/mol. The number of thioether (sulfide) groups is 1. The lowest BCUT2D eigenvalue weighted by Crippen LogP contribution is -2.06. The van der Waals surface area contributed by atoms with Gasteiger partial charge in [0.05, 0.1) is 23.4 Å². The summed E-state index contributed by atoms with van der Waals surface area (Å²) in [6.07, 6.45) is 1.59. The molecule has 0 heterocycles. The van der Waals surface area contributed by atoms with Gasteiger partial charge in [-0.25, -0.2) is 0 Å². The minimum absolute atomic E-state index is 0.165. The van der Waals surface area contributed by atoms with E-state index < -0.39 is 0 Å². The number of nitrogens with zero attached hydrogens (tertiary/aromatic N) is 2. The molecule has 0 aliphatic heterocycles. The normalized spacial score (nSPS) is 11.7. The van der Waals surface area contributed by atoms with Gasteiger partial charge in [-0.2, -0.15) is 5.10 Å². The molecule has 0 saturated heterocycles. The smallest absolute Gasteiger partial charge is 0.180 e. The van der Waals surface area contributed by atoms with Gasteiger partial charge in [-0.15, -0.1) is 5.10 Å². The quantitative estimate of drug-likeness (QED) is 0.206. The molecule has 0 aromatic heterocycles. The molecule has 2 N–H and O–H groups in total. The number of ether oxygens (including phenoxy) is 2. The minimum atomic E-state index is 0.165. The van der Waals surface area contributed by atoms with Gasteiger partial charge in [-0.3, -0.25) is 0 Å². The number of halogens is 3. The monoisotopic (exact) mass is 507 g/mol. The van der Waals surface area contributed by atoms with Crippen LogP contribution in [0.15, 0.2) is 70.9 Å².